The molecule has 3 rings (SSSR count). The van der Waals surface area contributed by atoms with E-state index in [4.69, 9.17) is 32.2 Å². The minimum atomic E-state index is -0.627. The Labute approximate surface area is 248 Å². The summed E-state index contributed by atoms with van der Waals surface area (Å²) in [6.07, 6.45) is 8.38. The molecule has 3 amide bonds. The maximum Gasteiger partial charge on any atom is 0.339 e. The maximum atomic E-state index is 12.9. The first-order valence-electron chi connectivity index (χ1n) is 11.6. The molecule has 39 heavy (non-hydrogen) atoms. The number of rotatable bonds is 11. The molecule has 1 aliphatic heterocycles. The van der Waals surface area contributed by atoms with Crippen LogP contribution in [-0.2, 0) is 14.3 Å². The number of thioether (sulfide) groups is 1. The number of esters is 1. The second-order valence-corrected chi connectivity index (χ2v) is 10.6. The summed E-state index contributed by atoms with van der Waals surface area (Å²) in [4.78, 5) is 51.5. The third kappa shape index (κ3) is 7.90. The molecule has 1 fully saturated rings. The summed E-state index contributed by atoms with van der Waals surface area (Å²) < 4.78 is 16.8. The van der Waals surface area contributed by atoms with Gasteiger partial charge in [-0.05, 0) is 82.7 Å². The number of amides is 3. The number of carbonyl (C=O) groups is 4. The number of hydrogen-bond donors (Lipinski definition) is 1. The number of halogens is 2. The highest BCUT2D eigenvalue weighted by Crippen LogP contribution is 2.37. The van der Waals surface area contributed by atoms with Gasteiger partial charge in [-0.3, -0.25) is 19.3 Å². The van der Waals surface area contributed by atoms with Gasteiger partial charge in [0, 0.05) is 5.69 Å². The predicted molar refractivity (Wildman–Crippen MR) is 158 cm³/mol. The van der Waals surface area contributed by atoms with E-state index in [1.54, 1.807) is 12.1 Å². The fourth-order valence-corrected chi connectivity index (χ4v) is 5.17. The van der Waals surface area contributed by atoms with Gasteiger partial charge < -0.3 is 19.5 Å². The summed E-state index contributed by atoms with van der Waals surface area (Å²) in [5.41, 5.74) is 0.961. The third-order valence-corrected chi connectivity index (χ3v) is 7.26. The Morgan fingerprint density at radius 3 is 2.72 bits per heavy atom. The van der Waals surface area contributed by atoms with Crippen LogP contribution in [0.3, 0.4) is 0 Å². The lowest BCUT2D eigenvalue weighted by Gasteiger charge is -2.13. The summed E-state index contributed by atoms with van der Waals surface area (Å²) in [7, 11) is 1.48. The smallest absolute Gasteiger partial charge is 0.339 e. The summed E-state index contributed by atoms with van der Waals surface area (Å²) in [6, 6.07) is 7.74. The number of ether oxygens (including phenoxy) is 3. The molecule has 0 aliphatic carbocycles. The van der Waals surface area contributed by atoms with Gasteiger partial charge in [0.25, 0.3) is 11.1 Å². The molecule has 0 spiro atoms. The minimum Gasteiger partial charge on any atom is -0.493 e. The van der Waals surface area contributed by atoms with Gasteiger partial charge in [0.15, 0.2) is 11.5 Å². The van der Waals surface area contributed by atoms with E-state index >= 15 is 0 Å². The van der Waals surface area contributed by atoms with Crippen molar-refractivity contribution in [2.45, 2.75) is 19.8 Å². The number of unbranched alkanes of at least 4 members (excludes halogenated alkanes) is 1. The van der Waals surface area contributed by atoms with E-state index in [-0.39, 0.29) is 34.4 Å². The normalized spacial score (nSPS) is 13.8. The first-order valence-corrected chi connectivity index (χ1v) is 13.9. The highest BCUT2D eigenvalue weighted by atomic mass is 127. The largest absolute Gasteiger partial charge is 0.493 e. The van der Waals surface area contributed by atoms with Gasteiger partial charge in [-0.25, -0.2) is 4.79 Å². The summed E-state index contributed by atoms with van der Waals surface area (Å²) in [5, 5.41) is 2.17. The third-order valence-electron chi connectivity index (χ3n) is 5.23. The van der Waals surface area contributed by atoms with Gasteiger partial charge in [0.1, 0.15) is 13.2 Å². The molecule has 1 N–H and O–H groups in total. The van der Waals surface area contributed by atoms with Crippen molar-refractivity contribution in [1.29, 1.82) is 0 Å². The van der Waals surface area contributed by atoms with Gasteiger partial charge in [-0.1, -0.05) is 30.9 Å². The van der Waals surface area contributed by atoms with Gasteiger partial charge in [-0.2, -0.15) is 0 Å². The molecular weight excluding hydrogens is 659 g/mol. The van der Waals surface area contributed by atoms with Crippen LogP contribution in [0.2, 0.25) is 5.02 Å². The number of anilines is 1. The van der Waals surface area contributed by atoms with Crippen molar-refractivity contribution in [1.82, 2.24) is 4.90 Å². The van der Waals surface area contributed by atoms with Crippen molar-refractivity contribution in [2.24, 2.45) is 0 Å². The molecule has 1 heterocycles. The number of benzene rings is 2. The van der Waals surface area contributed by atoms with Gasteiger partial charge in [-0.15, -0.1) is 6.42 Å². The molecule has 204 valence electrons. The molecule has 0 atom stereocenters. The van der Waals surface area contributed by atoms with E-state index in [9.17, 15) is 19.2 Å². The molecule has 9 nitrogen and oxygen atoms in total. The molecule has 2 aromatic rings. The fraction of sp³-hybridized carbons (Fsp3) is 0.259. The van der Waals surface area contributed by atoms with Crippen molar-refractivity contribution in [3.63, 3.8) is 0 Å². The molecule has 1 aliphatic rings. The SMILES string of the molecule is C#CCOc1c(I)cc(/C=C2/SC(=O)N(CC(=O)Nc3ccc(Cl)c(C(=O)OCCCC)c3)C2=O)cc1OC. The quantitative estimate of drug-likeness (QED) is 0.107. The fourth-order valence-electron chi connectivity index (χ4n) is 3.36. The summed E-state index contributed by atoms with van der Waals surface area (Å²) in [5.74, 6) is 1.43. The van der Waals surface area contributed by atoms with Crippen LogP contribution in [-0.4, -0.2) is 54.8 Å². The maximum absolute atomic E-state index is 12.9. The van der Waals surface area contributed by atoms with E-state index in [0.717, 1.165) is 23.1 Å². The Bertz CT molecular complexity index is 1370. The molecule has 0 aromatic heterocycles. The number of terminal acetylenes is 1. The zero-order valence-corrected chi connectivity index (χ0v) is 24.8. The van der Waals surface area contributed by atoms with Crippen LogP contribution < -0.4 is 14.8 Å². The monoisotopic (exact) mass is 682 g/mol. The summed E-state index contributed by atoms with van der Waals surface area (Å²) in [6.45, 7) is 1.77. The van der Waals surface area contributed by atoms with E-state index in [2.05, 4.69) is 33.8 Å². The lowest BCUT2D eigenvalue weighted by molar-refractivity contribution is -0.127. The highest BCUT2D eigenvalue weighted by molar-refractivity contribution is 14.1. The first kappa shape index (κ1) is 30.3. The number of carbonyl (C=O) groups excluding carboxylic acids is 4. The van der Waals surface area contributed by atoms with Crippen LogP contribution in [0, 0.1) is 15.9 Å². The Morgan fingerprint density at radius 2 is 2.03 bits per heavy atom. The lowest BCUT2D eigenvalue weighted by Crippen LogP contribution is -2.36. The zero-order chi connectivity index (χ0) is 28.5. The number of nitrogens with zero attached hydrogens (tertiary/aromatic N) is 1. The molecule has 0 radical (unpaired) electrons. The number of nitrogens with one attached hydrogen (secondary N) is 1. The topological polar surface area (TPSA) is 111 Å². The van der Waals surface area contributed by atoms with E-state index < -0.39 is 29.6 Å². The van der Waals surface area contributed by atoms with Crippen molar-refractivity contribution in [3.8, 4) is 23.8 Å². The predicted octanol–water partition coefficient (Wildman–Crippen LogP) is 5.60. The first-order chi connectivity index (χ1) is 18.7. The van der Waals surface area contributed by atoms with Crippen molar-refractivity contribution < 1.29 is 33.4 Å². The molecule has 0 bridgehead atoms. The Balaban J connectivity index is 1.70. The molecule has 2 aromatic carbocycles. The van der Waals surface area contributed by atoms with E-state index in [1.165, 1.54) is 31.4 Å². The van der Waals surface area contributed by atoms with Crippen LogP contribution in [0.15, 0.2) is 35.2 Å². The van der Waals surface area contributed by atoms with Crippen LogP contribution >= 0.6 is 46.0 Å². The van der Waals surface area contributed by atoms with Gasteiger partial charge in [0.05, 0.1) is 32.8 Å². The van der Waals surface area contributed by atoms with E-state index in [0.29, 0.717) is 27.1 Å². The molecule has 1 saturated heterocycles. The second-order valence-electron chi connectivity index (χ2n) is 8.03. The van der Waals surface area contributed by atoms with Crippen molar-refractivity contribution in [2.75, 3.05) is 32.2 Å². The van der Waals surface area contributed by atoms with Crippen molar-refractivity contribution in [3.05, 3.63) is 55.0 Å². The van der Waals surface area contributed by atoms with E-state index in [1.807, 2.05) is 6.92 Å². The molecule has 12 heteroatoms. The highest BCUT2D eigenvalue weighted by Gasteiger charge is 2.36. The Morgan fingerprint density at radius 1 is 1.26 bits per heavy atom. The molecular formula is C27H24ClIN2O7S. The van der Waals surface area contributed by atoms with Crippen LogP contribution in [0.1, 0.15) is 35.7 Å². The van der Waals surface area contributed by atoms with Crippen LogP contribution in [0.25, 0.3) is 6.08 Å². The number of imide groups is 1. The van der Waals surface area contributed by atoms with Gasteiger partial charge in [0.2, 0.25) is 5.91 Å². The van der Waals surface area contributed by atoms with Crippen LogP contribution in [0.5, 0.6) is 11.5 Å². The van der Waals surface area contributed by atoms with Crippen molar-refractivity contribution >= 4 is 80.7 Å². The second kappa shape index (κ2) is 14.3. The minimum absolute atomic E-state index is 0.0625. The average Bonchev–Trinajstić information content (AvgIpc) is 3.16. The molecule has 0 unspecified atom stereocenters. The molecule has 0 saturated carbocycles. The summed E-state index contributed by atoms with van der Waals surface area (Å²) >= 11 is 8.89. The zero-order valence-electron chi connectivity index (χ0n) is 21.0. The van der Waals surface area contributed by atoms with Crippen LogP contribution in [0.4, 0.5) is 10.5 Å². The number of methoxy groups -OCH3 is 1. The Hall–Kier alpha value is -3.21. The number of hydrogen-bond acceptors (Lipinski definition) is 8. The lowest BCUT2D eigenvalue weighted by atomic mass is 10.2. The average molecular weight is 683 g/mol. The van der Waals surface area contributed by atoms with Gasteiger partial charge >= 0.3 is 5.97 Å². The standard InChI is InChI=1S/C27H24ClIN2O7S/c1-4-6-10-38-26(34)18-14-17(7-8-19(18)28)30-23(32)15-31-25(33)22(39-27(31)35)13-16-11-20(29)24(37-9-5-2)21(12-16)36-3/h2,7-8,11-14H,4,6,9-10,15H2,1,3H3,(H,30,32)/b22-13+. The Kier molecular flexibility index (Phi) is 11.1.